The van der Waals surface area contributed by atoms with Gasteiger partial charge in [-0.3, -0.25) is 15.1 Å². The summed E-state index contributed by atoms with van der Waals surface area (Å²) in [6.07, 6.45) is 1.87. The maximum absolute atomic E-state index is 12.9. The molecule has 0 spiro atoms. The summed E-state index contributed by atoms with van der Waals surface area (Å²) in [6.45, 7) is 1.95. The Balaban J connectivity index is 2.24. The highest BCUT2D eigenvalue weighted by Crippen LogP contribution is 2.30. The first-order chi connectivity index (χ1) is 10.0. The highest BCUT2D eigenvalue weighted by Gasteiger charge is 2.15. The molecule has 5 nitrogen and oxygen atoms in total. The third kappa shape index (κ3) is 3.75. The highest BCUT2D eigenvalue weighted by atomic mass is 79.9. The van der Waals surface area contributed by atoms with Crippen LogP contribution in [-0.2, 0) is 0 Å². The van der Waals surface area contributed by atoms with E-state index in [9.17, 15) is 14.5 Å². The minimum Gasteiger partial charge on any atom is -0.376 e. The van der Waals surface area contributed by atoms with Crippen LogP contribution in [0.25, 0.3) is 0 Å². The number of nitrogens with zero attached hydrogens (tertiary/aromatic N) is 2. The first-order valence-corrected chi connectivity index (χ1v) is 7.12. The molecule has 2 aromatic rings. The van der Waals surface area contributed by atoms with Gasteiger partial charge in [0.2, 0.25) is 0 Å². The fourth-order valence-corrected chi connectivity index (χ4v) is 2.31. The Morgan fingerprint density at radius 2 is 2.19 bits per heavy atom. The summed E-state index contributed by atoms with van der Waals surface area (Å²) in [7, 11) is 0. The van der Waals surface area contributed by atoms with Crippen molar-refractivity contribution in [3.63, 3.8) is 0 Å². The van der Waals surface area contributed by atoms with E-state index in [1.807, 2.05) is 6.92 Å². The van der Waals surface area contributed by atoms with Crippen LogP contribution in [0.5, 0.6) is 0 Å². The second-order valence-electron chi connectivity index (χ2n) is 4.43. The number of anilines is 1. The number of halogens is 2. The lowest BCUT2D eigenvalue weighted by Crippen LogP contribution is -2.11. The van der Waals surface area contributed by atoms with Crippen molar-refractivity contribution < 1.29 is 9.31 Å². The molecule has 0 saturated heterocycles. The van der Waals surface area contributed by atoms with Gasteiger partial charge in [0.25, 0.3) is 5.69 Å². The predicted octanol–water partition coefficient (Wildman–Crippen LogP) is 4.45. The van der Waals surface area contributed by atoms with Crippen molar-refractivity contribution in [2.75, 3.05) is 5.32 Å². The molecule has 0 saturated carbocycles. The largest absolute Gasteiger partial charge is 0.376 e. The van der Waals surface area contributed by atoms with Crippen LogP contribution in [0.4, 0.5) is 15.8 Å². The maximum atomic E-state index is 12.9. The molecule has 1 N–H and O–H groups in total. The van der Waals surface area contributed by atoms with Gasteiger partial charge in [-0.1, -0.05) is 6.92 Å². The molecular formula is C14H13BrFN3O2. The lowest BCUT2D eigenvalue weighted by Gasteiger charge is -2.17. The zero-order valence-electron chi connectivity index (χ0n) is 11.2. The number of rotatable bonds is 5. The van der Waals surface area contributed by atoms with Crippen molar-refractivity contribution in [3.8, 4) is 0 Å². The molecule has 0 amide bonds. The van der Waals surface area contributed by atoms with Crippen molar-refractivity contribution in [1.29, 1.82) is 0 Å². The van der Waals surface area contributed by atoms with Gasteiger partial charge in [-0.15, -0.1) is 0 Å². The molecule has 2 rings (SSSR count). The van der Waals surface area contributed by atoms with Crippen molar-refractivity contribution >= 4 is 27.3 Å². The van der Waals surface area contributed by atoms with E-state index < -0.39 is 10.7 Å². The third-order valence-corrected chi connectivity index (χ3v) is 3.67. The summed E-state index contributed by atoms with van der Waals surface area (Å²) in [5.41, 5.74) is 1.29. The van der Waals surface area contributed by atoms with Gasteiger partial charge in [-0.2, -0.15) is 0 Å². The number of hydrogen-bond acceptors (Lipinski definition) is 4. The van der Waals surface area contributed by atoms with E-state index in [-0.39, 0.29) is 11.7 Å². The molecule has 1 aromatic carbocycles. The first kappa shape index (κ1) is 15.4. The third-order valence-electron chi connectivity index (χ3n) is 3.00. The van der Waals surface area contributed by atoms with Gasteiger partial charge in [0.15, 0.2) is 0 Å². The average molecular weight is 354 g/mol. The van der Waals surface area contributed by atoms with Crippen molar-refractivity contribution in [3.05, 3.63) is 62.6 Å². The molecule has 1 atom stereocenters. The van der Waals surface area contributed by atoms with Crippen LogP contribution >= 0.6 is 15.9 Å². The summed E-state index contributed by atoms with van der Waals surface area (Å²) in [5, 5.41) is 14.1. The number of pyridine rings is 1. The summed E-state index contributed by atoms with van der Waals surface area (Å²) >= 11 is 3.14. The Kier molecular flexibility index (Phi) is 4.85. The molecule has 0 aliphatic carbocycles. The highest BCUT2D eigenvalue weighted by molar-refractivity contribution is 9.10. The van der Waals surface area contributed by atoms with Crippen LogP contribution in [0.2, 0.25) is 0 Å². The zero-order valence-corrected chi connectivity index (χ0v) is 12.8. The van der Waals surface area contributed by atoms with Crippen LogP contribution < -0.4 is 5.32 Å². The minimum atomic E-state index is -0.452. The first-order valence-electron chi connectivity index (χ1n) is 6.33. The molecule has 1 unspecified atom stereocenters. The van der Waals surface area contributed by atoms with Crippen molar-refractivity contribution in [2.24, 2.45) is 0 Å². The Morgan fingerprint density at radius 1 is 1.43 bits per heavy atom. The molecule has 0 radical (unpaired) electrons. The van der Waals surface area contributed by atoms with E-state index in [4.69, 9.17) is 0 Å². The van der Waals surface area contributed by atoms with E-state index in [2.05, 4.69) is 26.2 Å². The second-order valence-corrected chi connectivity index (χ2v) is 5.28. The van der Waals surface area contributed by atoms with Crippen LogP contribution in [0.15, 0.2) is 41.0 Å². The minimum absolute atomic E-state index is 0.0121. The SMILES string of the molecule is CCC(Nc1ccc(Br)c([N+](=O)[O-])c1)c1ccc(F)cn1. The molecule has 1 aromatic heterocycles. The van der Waals surface area contributed by atoms with Gasteiger partial charge in [0, 0.05) is 11.8 Å². The summed E-state index contributed by atoms with van der Waals surface area (Å²) < 4.78 is 13.3. The lowest BCUT2D eigenvalue weighted by atomic mass is 10.1. The molecule has 0 aliphatic rings. The van der Waals surface area contributed by atoms with Crippen LogP contribution in [0, 0.1) is 15.9 Å². The Hall–Kier alpha value is -2.02. The van der Waals surface area contributed by atoms with Crippen LogP contribution in [0.1, 0.15) is 25.1 Å². The smallest absolute Gasteiger partial charge is 0.285 e. The normalized spacial score (nSPS) is 12.0. The van der Waals surface area contributed by atoms with Gasteiger partial charge in [0.1, 0.15) is 5.82 Å². The van der Waals surface area contributed by atoms with Crippen LogP contribution in [0.3, 0.4) is 0 Å². The van der Waals surface area contributed by atoms with Gasteiger partial charge < -0.3 is 5.32 Å². The van der Waals surface area contributed by atoms with E-state index >= 15 is 0 Å². The standard InChI is InChI=1S/C14H13BrFN3O2/c1-2-12(13-6-3-9(16)8-17-13)18-10-4-5-11(15)14(7-10)19(20)21/h3-8,12,18H,2H2,1H3. The number of nitro benzene ring substituents is 1. The van der Waals surface area contributed by atoms with Gasteiger partial charge in [0.05, 0.1) is 27.3 Å². The quantitative estimate of drug-likeness (QED) is 0.636. The number of nitrogens with one attached hydrogen (secondary N) is 1. The van der Waals surface area contributed by atoms with Gasteiger partial charge in [-0.25, -0.2) is 4.39 Å². The maximum Gasteiger partial charge on any atom is 0.285 e. The van der Waals surface area contributed by atoms with Gasteiger partial charge in [-0.05, 0) is 46.6 Å². The molecule has 0 aliphatic heterocycles. The monoisotopic (exact) mass is 353 g/mol. The number of aromatic nitrogens is 1. The number of hydrogen-bond donors (Lipinski definition) is 1. The van der Waals surface area contributed by atoms with Crippen molar-refractivity contribution in [2.45, 2.75) is 19.4 Å². The molecule has 110 valence electrons. The molecule has 1 heterocycles. The fraction of sp³-hybridized carbons (Fsp3) is 0.214. The fourth-order valence-electron chi connectivity index (χ4n) is 1.92. The summed E-state index contributed by atoms with van der Waals surface area (Å²) in [5.74, 6) is -0.395. The topological polar surface area (TPSA) is 68.1 Å². The second kappa shape index (κ2) is 6.62. The number of nitro groups is 1. The number of benzene rings is 1. The predicted molar refractivity (Wildman–Crippen MR) is 81.6 cm³/mol. The van der Waals surface area contributed by atoms with Crippen molar-refractivity contribution in [1.82, 2.24) is 4.98 Å². The summed E-state index contributed by atoms with van der Waals surface area (Å²) in [4.78, 5) is 14.5. The molecule has 21 heavy (non-hydrogen) atoms. The molecule has 0 bridgehead atoms. The molecular weight excluding hydrogens is 341 g/mol. The molecule has 0 fully saturated rings. The van der Waals surface area contributed by atoms with Crippen LogP contribution in [-0.4, -0.2) is 9.91 Å². The molecule has 7 heteroatoms. The van der Waals surface area contributed by atoms with E-state index in [0.29, 0.717) is 22.3 Å². The van der Waals surface area contributed by atoms with E-state index in [1.54, 1.807) is 18.2 Å². The average Bonchev–Trinajstić information content (AvgIpc) is 2.47. The lowest BCUT2D eigenvalue weighted by molar-refractivity contribution is -0.385. The Labute approximate surface area is 129 Å². The van der Waals surface area contributed by atoms with Gasteiger partial charge >= 0.3 is 0 Å². The van der Waals surface area contributed by atoms with E-state index in [0.717, 1.165) is 6.20 Å². The van der Waals surface area contributed by atoms with E-state index in [1.165, 1.54) is 12.1 Å². The Morgan fingerprint density at radius 3 is 2.76 bits per heavy atom. The Bertz CT molecular complexity index is 649. The summed E-state index contributed by atoms with van der Waals surface area (Å²) in [6, 6.07) is 7.61. The zero-order chi connectivity index (χ0) is 15.4.